The summed E-state index contributed by atoms with van der Waals surface area (Å²) in [7, 11) is 0. The lowest BCUT2D eigenvalue weighted by Crippen LogP contribution is -1.84. The maximum atomic E-state index is 5.63. The molecule has 0 unspecified atom stereocenters. The Balaban J connectivity index is 1.69. The van der Waals surface area contributed by atoms with Crippen molar-refractivity contribution in [1.82, 2.24) is 15.2 Å². The van der Waals surface area contributed by atoms with Gasteiger partial charge in [-0.3, -0.25) is 4.98 Å². The molecule has 0 bridgehead atoms. The van der Waals surface area contributed by atoms with E-state index in [0.717, 1.165) is 15.7 Å². The first-order chi connectivity index (χ1) is 9.81. The first-order valence-corrected chi connectivity index (χ1v) is 7.71. The van der Waals surface area contributed by atoms with Gasteiger partial charge in [-0.25, -0.2) is 0 Å². The van der Waals surface area contributed by atoms with Crippen molar-refractivity contribution in [3.63, 3.8) is 0 Å². The van der Waals surface area contributed by atoms with E-state index in [1.165, 1.54) is 11.8 Å². The molecule has 0 fully saturated rings. The van der Waals surface area contributed by atoms with Crippen molar-refractivity contribution < 1.29 is 4.42 Å². The van der Waals surface area contributed by atoms with Gasteiger partial charge < -0.3 is 4.42 Å². The average Bonchev–Trinajstić information content (AvgIpc) is 2.96. The van der Waals surface area contributed by atoms with Crippen LogP contribution in [0.15, 0.2) is 62.8 Å². The van der Waals surface area contributed by atoms with E-state index in [9.17, 15) is 0 Å². The summed E-state index contributed by atoms with van der Waals surface area (Å²) in [6, 6.07) is 13.6. The molecule has 0 aliphatic heterocycles. The van der Waals surface area contributed by atoms with E-state index < -0.39 is 0 Å². The van der Waals surface area contributed by atoms with Gasteiger partial charge in [0.15, 0.2) is 0 Å². The molecule has 3 aromatic rings. The highest BCUT2D eigenvalue weighted by atomic mass is 79.9. The predicted molar refractivity (Wildman–Crippen MR) is 81.2 cm³/mol. The number of thioether (sulfide) groups is 1. The van der Waals surface area contributed by atoms with Gasteiger partial charge in [0.2, 0.25) is 5.89 Å². The molecule has 100 valence electrons. The molecule has 3 rings (SSSR count). The molecule has 6 heteroatoms. The van der Waals surface area contributed by atoms with Crippen LogP contribution in [0.1, 0.15) is 5.69 Å². The average molecular weight is 348 g/mol. The Bertz CT molecular complexity index is 685. The van der Waals surface area contributed by atoms with Gasteiger partial charge in [-0.05, 0) is 36.4 Å². The quantitative estimate of drug-likeness (QED) is 0.662. The van der Waals surface area contributed by atoms with Gasteiger partial charge in [-0.1, -0.05) is 33.8 Å². The third-order valence-electron chi connectivity index (χ3n) is 2.57. The molecule has 2 aromatic heterocycles. The molecule has 0 aliphatic rings. The molecule has 20 heavy (non-hydrogen) atoms. The van der Waals surface area contributed by atoms with Crippen molar-refractivity contribution >= 4 is 27.7 Å². The van der Waals surface area contributed by atoms with Crippen LogP contribution in [0.3, 0.4) is 0 Å². The van der Waals surface area contributed by atoms with Gasteiger partial charge in [0.05, 0.1) is 5.69 Å². The summed E-state index contributed by atoms with van der Waals surface area (Å²) in [4.78, 5) is 4.25. The second kappa shape index (κ2) is 6.19. The minimum Gasteiger partial charge on any atom is -0.411 e. The highest BCUT2D eigenvalue weighted by molar-refractivity contribution is 9.10. The third-order valence-corrected chi connectivity index (χ3v) is 3.95. The van der Waals surface area contributed by atoms with Crippen molar-refractivity contribution in [1.29, 1.82) is 0 Å². The van der Waals surface area contributed by atoms with Crippen LogP contribution in [-0.2, 0) is 5.75 Å². The zero-order valence-corrected chi connectivity index (χ0v) is 12.8. The van der Waals surface area contributed by atoms with Gasteiger partial charge >= 0.3 is 0 Å². The fourth-order valence-electron chi connectivity index (χ4n) is 1.60. The Labute approximate surface area is 128 Å². The van der Waals surface area contributed by atoms with Crippen LogP contribution in [-0.4, -0.2) is 15.2 Å². The Morgan fingerprint density at radius 2 is 1.90 bits per heavy atom. The number of aromatic nitrogens is 3. The Morgan fingerprint density at radius 3 is 2.65 bits per heavy atom. The van der Waals surface area contributed by atoms with Crippen LogP contribution in [0.4, 0.5) is 0 Å². The van der Waals surface area contributed by atoms with Crippen LogP contribution in [0.2, 0.25) is 0 Å². The molecule has 0 saturated carbocycles. The van der Waals surface area contributed by atoms with E-state index in [1.54, 1.807) is 6.20 Å². The van der Waals surface area contributed by atoms with E-state index in [0.29, 0.717) is 16.9 Å². The highest BCUT2D eigenvalue weighted by Crippen LogP contribution is 2.25. The smallest absolute Gasteiger partial charge is 0.277 e. The molecule has 0 atom stereocenters. The molecule has 0 spiro atoms. The maximum Gasteiger partial charge on any atom is 0.277 e. The standard InChI is InChI=1S/C14H10BrN3OS/c15-11-6-4-10(5-7-11)13-17-18-14(19-13)20-9-12-3-1-2-8-16-12/h1-8H,9H2. The number of hydrogen-bond donors (Lipinski definition) is 0. The van der Waals surface area contributed by atoms with Crippen LogP contribution < -0.4 is 0 Å². The van der Waals surface area contributed by atoms with Crippen molar-refractivity contribution in [2.75, 3.05) is 0 Å². The van der Waals surface area contributed by atoms with E-state index in [4.69, 9.17) is 4.42 Å². The number of rotatable bonds is 4. The molecular formula is C14H10BrN3OS. The number of pyridine rings is 1. The van der Waals surface area contributed by atoms with E-state index in [-0.39, 0.29) is 0 Å². The van der Waals surface area contributed by atoms with Crippen LogP contribution in [0.5, 0.6) is 0 Å². The second-order valence-corrected chi connectivity index (χ2v) is 5.83. The highest BCUT2D eigenvalue weighted by Gasteiger charge is 2.09. The van der Waals surface area contributed by atoms with Gasteiger partial charge in [0.25, 0.3) is 5.22 Å². The van der Waals surface area contributed by atoms with Crippen molar-refractivity contribution in [2.24, 2.45) is 0 Å². The fraction of sp³-hybridized carbons (Fsp3) is 0.0714. The van der Waals surface area contributed by atoms with Crippen LogP contribution in [0.25, 0.3) is 11.5 Å². The van der Waals surface area contributed by atoms with Crippen molar-refractivity contribution in [3.8, 4) is 11.5 Å². The SMILES string of the molecule is Brc1ccc(-c2nnc(SCc3ccccn3)o2)cc1. The minimum atomic E-state index is 0.529. The van der Waals surface area contributed by atoms with Gasteiger partial charge in [-0.15, -0.1) is 10.2 Å². The Morgan fingerprint density at radius 1 is 1.05 bits per heavy atom. The van der Waals surface area contributed by atoms with Crippen molar-refractivity contribution in [3.05, 3.63) is 58.8 Å². The lowest BCUT2D eigenvalue weighted by atomic mass is 10.2. The monoisotopic (exact) mass is 347 g/mol. The molecular weight excluding hydrogens is 338 g/mol. The molecule has 2 heterocycles. The van der Waals surface area contributed by atoms with E-state index >= 15 is 0 Å². The minimum absolute atomic E-state index is 0.529. The zero-order valence-electron chi connectivity index (χ0n) is 10.4. The number of benzene rings is 1. The zero-order chi connectivity index (χ0) is 13.8. The number of halogens is 1. The summed E-state index contributed by atoms with van der Waals surface area (Å²) in [6.45, 7) is 0. The molecule has 1 aromatic carbocycles. The summed E-state index contributed by atoms with van der Waals surface area (Å²) >= 11 is 4.88. The molecule has 0 N–H and O–H groups in total. The van der Waals surface area contributed by atoms with Crippen molar-refractivity contribution in [2.45, 2.75) is 11.0 Å². The Hall–Kier alpha value is -1.66. The number of hydrogen-bond acceptors (Lipinski definition) is 5. The summed E-state index contributed by atoms with van der Waals surface area (Å²) in [6.07, 6.45) is 1.77. The molecule has 0 radical (unpaired) electrons. The summed E-state index contributed by atoms with van der Waals surface area (Å²) in [5, 5.41) is 8.64. The summed E-state index contributed by atoms with van der Waals surface area (Å²) in [5.74, 6) is 1.24. The fourth-order valence-corrected chi connectivity index (χ4v) is 2.54. The van der Waals surface area contributed by atoms with Crippen LogP contribution in [0, 0.1) is 0 Å². The van der Waals surface area contributed by atoms with Crippen LogP contribution >= 0.6 is 27.7 Å². The maximum absolute atomic E-state index is 5.63. The molecule has 0 saturated heterocycles. The van der Waals surface area contributed by atoms with Gasteiger partial charge in [-0.2, -0.15) is 0 Å². The number of nitrogens with zero attached hydrogens (tertiary/aromatic N) is 3. The lowest BCUT2D eigenvalue weighted by Gasteiger charge is -1.96. The topological polar surface area (TPSA) is 51.8 Å². The largest absolute Gasteiger partial charge is 0.411 e. The van der Waals surface area contributed by atoms with Gasteiger partial charge in [0.1, 0.15) is 0 Å². The third kappa shape index (κ3) is 3.26. The van der Waals surface area contributed by atoms with E-state index in [2.05, 4.69) is 31.1 Å². The normalized spacial score (nSPS) is 10.7. The molecule has 0 amide bonds. The van der Waals surface area contributed by atoms with E-state index in [1.807, 2.05) is 42.5 Å². The predicted octanol–water partition coefficient (Wildman–Crippen LogP) is 4.19. The first kappa shape index (κ1) is 13.3. The first-order valence-electron chi connectivity index (χ1n) is 5.93. The second-order valence-electron chi connectivity index (χ2n) is 3.99. The van der Waals surface area contributed by atoms with Gasteiger partial charge in [0, 0.05) is 22.0 Å². The molecule has 0 aliphatic carbocycles. The summed E-state index contributed by atoms with van der Waals surface area (Å²) in [5.41, 5.74) is 1.89. The molecule has 4 nitrogen and oxygen atoms in total. The summed E-state index contributed by atoms with van der Waals surface area (Å²) < 4.78 is 6.65. The Kier molecular flexibility index (Phi) is 4.13. The lowest BCUT2D eigenvalue weighted by molar-refractivity contribution is 0.466.